The summed E-state index contributed by atoms with van der Waals surface area (Å²) in [5.74, 6) is 1.58. The number of hydrogen-bond donors (Lipinski definition) is 1. The standard InChI is InChI=1S/C15H32N2/c1-10-8-11(2)13(4)17(9-10)14(12(3)16)15(5,6)7/h10-14H,8-9,16H2,1-7H3. The SMILES string of the molecule is CC1CC(C)C(C)N(C(C(C)N)C(C)(C)C)C1. The molecule has 17 heavy (non-hydrogen) atoms. The lowest BCUT2D eigenvalue weighted by Crippen LogP contribution is -2.60. The molecule has 2 heteroatoms. The fourth-order valence-corrected chi connectivity index (χ4v) is 3.71. The molecule has 0 bridgehead atoms. The first kappa shape index (κ1) is 15.0. The van der Waals surface area contributed by atoms with Crippen molar-refractivity contribution in [3.63, 3.8) is 0 Å². The van der Waals surface area contributed by atoms with Crippen LogP contribution in [0, 0.1) is 17.3 Å². The summed E-state index contributed by atoms with van der Waals surface area (Å²) in [4.78, 5) is 2.67. The van der Waals surface area contributed by atoms with Crippen LogP contribution in [0.4, 0.5) is 0 Å². The highest BCUT2D eigenvalue weighted by atomic mass is 15.2. The van der Waals surface area contributed by atoms with Crippen LogP contribution in [0.1, 0.15) is 54.9 Å². The van der Waals surface area contributed by atoms with Crippen LogP contribution >= 0.6 is 0 Å². The summed E-state index contributed by atoms with van der Waals surface area (Å²) in [7, 11) is 0. The number of hydrogen-bond acceptors (Lipinski definition) is 2. The van der Waals surface area contributed by atoms with Gasteiger partial charge in [0.25, 0.3) is 0 Å². The molecular formula is C15H32N2. The van der Waals surface area contributed by atoms with Crippen molar-refractivity contribution in [3.05, 3.63) is 0 Å². The lowest BCUT2D eigenvalue weighted by Gasteiger charge is -2.51. The Kier molecular flexibility index (Phi) is 4.65. The van der Waals surface area contributed by atoms with E-state index >= 15 is 0 Å². The second kappa shape index (κ2) is 5.27. The van der Waals surface area contributed by atoms with Gasteiger partial charge < -0.3 is 5.73 Å². The number of likely N-dealkylation sites (tertiary alicyclic amines) is 1. The fourth-order valence-electron chi connectivity index (χ4n) is 3.71. The zero-order valence-corrected chi connectivity index (χ0v) is 12.8. The molecule has 1 aliphatic rings. The summed E-state index contributed by atoms with van der Waals surface area (Å²) >= 11 is 0. The van der Waals surface area contributed by atoms with Crippen molar-refractivity contribution < 1.29 is 0 Å². The lowest BCUT2D eigenvalue weighted by molar-refractivity contribution is -0.0122. The van der Waals surface area contributed by atoms with Crippen molar-refractivity contribution in [2.45, 2.75) is 73.0 Å². The van der Waals surface area contributed by atoms with E-state index in [2.05, 4.69) is 53.4 Å². The number of nitrogens with zero attached hydrogens (tertiary/aromatic N) is 1. The van der Waals surface area contributed by atoms with Crippen LogP contribution in [-0.2, 0) is 0 Å². The van der Waals surface area contributed by atoms with E-state index in [1.807, 2.05) is 0 Å². The topological polar surface area (TPSA) is 29.3 Å². The molecule has 1 fully saturated rings. The first-order valence-corrected chi connectivity index (χ1v) is 7.16. The van der Waals surface area contributed by atoms with Crippen molar-refractivity contribution in [3.8, 4) is 0 Å². The van der Waals surface area contributed by atoms with Gasteiger partial charge in [-0.15, -0.1) is 0 Å². The summed E-state index contributed by atoms with van der Waals surface area (Å²) in [6.45, 7) is 17.4. The second-order valence-electron chi connectivity index (χ2n) is 7.43. The van der Waals surface area contributed by atoms with Gasteiger partial charge >= 0.3 is 0 Å². The van der Waals surface area contributed by atoms with Gasteiger partial charge in [-0.2, -0.15) is 0 Å². The van der Waals surface area contributed by atoms with Crippen molar-refractivity contribution in [2.24, 2.45) is 23.0 Å². The van der Waals surface area contributed by atoms with Gasteiger partial charge in [0.05, 0.1) is 0 Å². The van der Waals surface area contributed by atoms with E-state index in [0.29, 0.717) is 12.1 Å². The Morgan fingerprint density at radius 3 is 2.12 bits per heavy atom. The second-order valence-corrected chi connectivity index (χ2v) is 7.43. The van der Waals surface area contributed by atoms with Crippen LogP contribution < -0.4 is 5.73 Å². The summed E-state index contributed by atoms with van der Waals surface area (Å²) in [5.41, 5.74) is 6.51. The Morgan fingerprint density at radius 2 is 1.71 bits per heavy atom. The molecule has 1 rings (SSSR count). The predicted octanol–water partition coefficient (Wildman–Crippen LogP) is 3.11. The Morgan fingerprint density at radius 1 is 1.18 bits per heavy atom. The molecule has 0 saturated carbocycles. The maximum absolute atomic E-state index is 6.27. The zero-order chi connectivity index (χ0) is 13.4. The Balaban J connectivity index is 2.93. The lowest BCUT2D eigenvalue weighted by atomic mass is 9.77. The normalized spacial score (nSPS) is 35.6. The van der Waals surface area contributed by atoms with Crippen molar-refractivity contribution in [1.82, 2.24) is 4.90 Å². The smallest absolute Gasteiger partial charge is 0.0295 e. The zero-order valence-electron chi connectivity index (χ0n) is 12.8. The van der Waals surface area contributed by atoms with Gasteiger partial charge in [0.1, 0.15) is 0 Å². The molecule has 1 heterocycles. The fraction of sp³-hybridized carbons (Fsp3) is 1.00. The molecule has 2 N–H and O–H groups in total. The van der Waals surface area contributed by atoms with E-state index in [1.165, 1.54) is 13.0 Å². The molecule has 5 unspecified atom stereocenters. The molecule has 0 aromatic carbocycles. The van der Waals surface area contributed by atoms with Gasteiger partial charge in [-0.1, -0.05) is 34.6 Å². The van der Waals surface area contributed by atoms with Crippen molar-refractivity contribution in [2.75, 3.05) is 6.54 Å². The number of piperidine rings is 1. The van der Waals surface area contributed by atoms with Gasteiger partial charge in [0.15, 0.2) is 0 Å². The van der Waals surface area contributed by atoms with Gasteiger partial charge in [-0.3, -0.25) is 4.90 Å². The van der Waals surface area contributed by atoms with Gasteiger partial charge in [0.2, 0.25) is 0 Å². The highest BCUT2D eigenvalue weighted by molar-refractivity contribution is 4.95. The molecule has 0 aliphatic carbocycles. The summed E-state index contributed by atoms with van der Waals surface area (Å²) in [6.07, 6.45) is 1.35. The quantitative estimate of drug-likeness (QED) is 0.803. The van der Waals surface area contributed by atoms with Crippen molar-refractivity contribution in [1.29, 1.82) is 0 Å². The molecule has 5 atom stereocenters. The molecular weight excluding hydrogens is 208 g/mol. The van der Waals surface area contributed by atoms with Crippen LogP contribution in [0.5, 0.6) is 0 Å². The monoisotopic (exact) mass is 240 g/mol. The minimum Gasteiger partial charge on any atom is -0.327 e. The third-order valence-corrected chi connectivity index (χ3v) is 4.39. The van der Waals surface area contributed by atoms with Gasteiger partial charge in [0, 0.05) is 24.7 Å². The molecule has 1 aliphatic heterocycles. The molecule has 2 nitrogen and oxygen atoms in total. The number of nitrogens with two attached hydrogens (primary N) is 1. The van der Waals surface area contributed by atoms with Crippen LogP contribution in [-0.4, -0.2) is 29.6 Å². The van der Waals surface area contributed by atoms with E-state index in [1.54, 1.807) is 0 Å². The Labute approximate surface area is 108 Å². The Hall–Kier alpha value is -0.0800. The van der Waals surface area contributed by atoms with Crippen molar-refractivity contribution >= 4 is 0 Å². The minimum absolute atomic E-state index is 0.231. The third kappa shape index (κ3) is 3.45. The maximum Gasteiger partial charge on any atom is 0.0295 e. The summed E-state index contributed by atoms with van der Waals surface area (Å²) in [6, 6.07) is 1.36. The van der Waals surface area contributed by atoms with Gasteiger partial charge in [-0.25, -0.2) is 0 Å². The maximum atomic E-state index is 6.27. The third-order valence-electron chi connectivity index (χ3n) is 4.39. The molecule has 0 aromatic rings. The average Bonchev–Trinajstić information content (AvgIpc) is 2.10. The van der Waals surface area contributed by atoms with E-state index in [-0.39, 0.29) is 11.5 Å². The van der Waals surface area contributed by atoms with Crippen LogP contribution in [0.2, 0.25) is 0 Å². The molecule has 0 aromatic heterocycles. The highest BCUT2D eigenvalue weighted by Crippen LogP contribution is 2.35. The number of rotatable bonds is 2. The van der Waals surface area contributed by atoms with E-state index in [4.69, 9.17) is 5.73 Å². The van der Waals surface area contributed by atoms with E-state index in [0.717, 1.165) is 11.8 Å². The van der Waals surface area contributed by atoms with E-state index < -0.39 is 0 Å². The van der Waals surface area contributed by atoms with Crippen LogP contribution in [0.25, 0.3) is 0 Å². The first-order chi connectivity index (χ1) is 7.64. The molecule has 1 saturated heterocycles. The first-order valence-electron chi connectivity index (χ1n) is 7.16. The summed E-state index contributed by atoms with van der Waals surface area (Å²) < 4.78 is 0. The van der Waals surface area contributed by atoms with Crippen LogP contribution in [0.15, 0.2) is 0 Å². The summed E-state index contributed by atoms with van der Waals surface area (Å²) in [5, 5.41) is 0. The Bertz CT molecular complexity index is 242. The minimum atomic E-state index is 0.231. The van der Waals surface area contributed by atoms with E-state index in [9.17, 15) is 0 Å². The average molecular weight is 240 g/mol. The predicted molar refractivity (Wildman–Crippen MR) is 76.0 cm³/mol. The largest absolute Gasteiger partial charge is 0.327 e. The molecule has 102 valence electrons. The van der Waals surface area contributed by atoms with Crippen LogP contribution in [0.3, 0.4) is 0 Å². The van der Waals surface area contributed by atoms with Gasteiger partial charge in [-0.05, 0) is 37.5 Å². The molecule has 0 spiro atoms. The highest BCUT2D eigenvalue weighted by Gasteiger charge is 2.39. The molecule has 0 amide bonds. The molecule has 0 radical (unpaired) electrons.